The fourth-order valence-electron chi connectivity index (χ4n) is 1.87. The van der Waals surface area contributed by atoms with Gasteiger partial charge in [-0.3, -0.25) is 25.4 Å². The Morgan fingerprint density at radius 3 is 2.29 bits per heavy atom. The molecule has 0 fully saturated rings. The number of nitrogens with one attached hydrogen (secondary N) is 2. The highest BCUT2D eigenvalue weighted by atomic mass is 16.5. The second kappa shape index (κ2) is 8.67. The quantitative estimate of drug-likeness (QED) is 0.799. The van der Waals surface area contributed by atoms with Gasteiger partial charge in [-0.1, -0.05) is 13.8 Å². The fourth-order valence-corrected chi connectivity index (χ4v) is 1.87. The summed E-state index contributed by atoms with van der Waals surface area (Å²) in [6.45, 7) is 4.91. The third-order valence-electron chi connectivity index (χ3n) is 3.29. The smallest absolute Gasteiger partial charge is 0.271 e. The molecule has 0 spiro atoms. The van der Waals surface area contributed by atoms with Crippen LogP contribution in [-0.4, -0.2) is 23.4 Å². The lowest BCUT2D eigenvalue weighted by Crippen LogP contribution is -2.41. The van der Waals surface area contributed by atoms with Crippen molar-refractivity contribution in [1.82, 2.24) is 15.8 Å². The Balaban J connectivity index is 1.83. The van der Waals surface area contributed by atoms with E-state index in [4.69, 9.17) is 4.74 Å². The highest BCUT2D eigenvalue weighted by molar-refractivity contribution is 5.98. The molecule has 1 aromatic heterocycles. The molecule has 6 nitrogen and oxygen atoms in total. The topological polar surface area (TPSA) is 80.3 Å². The maximum Gasteiger partial charge on any atom is 0.271 e. The molecule has 0 aliphatic rings. The summed E-state index contributed by atoms with van der Waals surface area (Å²) in [7, 11) is 0. The van der Waals surface area contributed by atoms with Gasteiger partial charge in [0.1, 0.15) is 5.75 Å². The number of hydrogen-bond donors (Lipinski definition) is 2. The zero-order valence-corrected chi connectivity index (χ0v) is 13.8. The van der Waals surface area contributed by atoms with Gasteiger partial charge < -0.3 is 4.74 Å². The van der Waals surface area contributed by atoms with Crippen molar-refractivity contribution >= 4 is 11.8 Å². The Labute approximate surface area is 141 Å². The van der Waals surface area contributed by atoms with Gasteiger partial charge in [0, 0.05) is 18.0 Å². The van der Waals surface area contributed by atoms with Crippen molar-refractivity contribution < 1.29 is 14.3 Å². The van der Waals surface area contributed by atoms with Crippen molar-refractivity contribution in [2.75, 3.05) is 6.61 Å². The number of benzene rings is 1. The number of amides is 2. The van der Waals surface area contributed by atoms with Crippen LogP contribution in [0, 0.1) is 5.92 Å². The standard InChI is InChI=1S/C18H21N3O3/c1-13(2)9-11-24-16-7-5-14(6-8-16)17(22)20-21-18(23)15-4-3-10-19-12-15/h3-8,10,12-13H,9,11H2,1-2H3,(H,20,22)(H,21,23). The largest absolute Gasteiger partial charge is 0.494 e. The molecule has 0 bridgehead atoms. The highest BCUT2D eigenvalue weighted by Gasteiger charge is 2.09. The summed E-state index contributed by atoms with van der Waals surface area (Å²) in [5.41, 5.74) is 5.51. The number of aromatic nitrogens is 1. The Morgan fingerprint density at radius 1 is 1.04 bits per heavy atom. The molecule has 0 saturated carbocycles. The number of pyridine rings is 1. The Morgan fingerprint density at radius 2 is 1.71 bits per heavy atom. The first-order valence-electron chi connectivity index (χ1n) is 7.80. The first-order chi connectivity index (χ1) is 11.6. The molecular weight excluding hydrogens is 306 g/mol. The normalized spacial score (nSPS) is 10.3. The molecule has 1 aromatic carbocycles. The van der Waals surface area contributed by atoms with Crippen molar-refractivity contribution in [3.8, 4) is 5.75 Å². The SMILES string of the molecule is CC(C)CCOc1ccc(C(=O)NNC(=O)c2cccnc2)cc1. The molecule has 1 heterocycles. The van der Waals surface area contributed by atoms with Crippen molar-refractivity contribution in [3.05, 3.63) is 59.9 Å². The van der Waals surface area contributed by atoms with Gasteiger partial charge in [-0.25, -0.2) is 0 Å². The third-order valence-corrected chi connectivity index (χ3v) is 3.29. The van der Waals surface area contributed by atoms with E-state index in [1.54, 1.807) is 42.6 Å². The summed E-state index contributed by atoms with van der Waals surface area (Å²) in [5.74, 6) is 0.469. The lowest BCUT2D eigenvalue weighted by Gasteiger charge is -2.09. The third kappa shape index (κ3) is 5.39. The van der Waals surface area contributed by atoms with E-state index in [9.17, 15) is 9.59 Å². The zero-order chi connectivity index (χ0) is 17.4. The number of nitrogens with zero attached hydrogens (tertiary/aromatic N) is 1. The lowest BCUT2D eigenvalue weighted by molar-refractivity contribution is 0.0846. The van der Waals surface area contributed by atoms with Gasteiger partial charge in [0.05, 0.1) is 12.2 Å². The number of carbonyl (C=O) groups excluding carboxylic acids is 2. The van der Waals surface area contributed by atoms with Gasteiger partial charge in [0.15, 0.2) is 0 Å². The van der Waals surface area contributed by atoms with Gasteiger partial charge in [0.25, 0.3) is 11.8 Å². The van der Waals surface area contributed by atoms with Gasteiger partial charge in [-0.15, -0.1) is 0 Å². The van der Waals surface area contributed by atoms with Crippen LogP contribution in [0.4, 0.5) is 0 Å². The molecular formula is C18H21N3O3. The van der Waals surface area contributed by atoms with Crippen molar-refractivity contribution in [3.63, 3.8) is 0 Å². The van der Waals surface area contributed by atoms with Crippen LogP contribution in [0.25, 0.3) is 0 Å². The van der Waals surface area contributed by atoms with E-state index in [0.717, 1.165) is 6.42 Å². The monoisotopic (exact) mass is 327 g/mol. The molecule has 0 unspecified atom stereocenters. The van der Waals surface area contributed by atoms with E-state index in [2.05, 4.69) is 29.7 Å². The molecule has 0 radical (unpaired) electrons. The minimum absolute atomic E-state index is 0.367. The molecule has 0 atom stereocenters. The predicted octanol–water partition coefficient (Wildman–Crippen LogP) is 2.58. The van der Waals surface area contributed by atoms with Gasteiger partial charge >= 0.3 is 0 Å². The van der Waals surface area contributed by atoms with Crippen molar-refractivity contribution in [2.45, 2.75) is 20.3 Å². The fraction of sp³-hybridized carbons (Fsp3) is 0.278. The zero-order valence-electron chi connectivity index (χ0n) is 13.8. The summed E-state index contributed by atoms with van der Waals surface area (Å²) in [4.78, 5) is 27.7. The molecule has 6 heteroatoms. The first-order valence-corrected chi connectivity index (χ1v) is 7.80. The first kappa shape index (κ1) is 17.5. The van der Waals surface area contributed by atoms with Crippen LogP contribution in [0.15, 0.2) is 48.8 Å². The number of carbonyl (C=O) groups is 2. The number of rotatable bonds is 6. The lowest BCUT2D eigenvalue weighted by atomic mass is 10.1. The van der Waals surface area contributed by atoms with Crippen LogP contribution in [0.2, 0.25) is 0 Å². The Bertz CT molecular complexity index is 670. The molecule has 126 valence electrons. The minimum Gasteiger partial charge on any atom is -0.494 e. The molecule has 2 amide bonds. The molecule has 24 heavy (non-hydrogen) atoms. The maximum absolute atomic E-state index is 12.0. The van der Waals surface area contributed by atoms with E-state index in [-0.39, 0.29) is 0 Å². The van der Waals surface area contributed by atoms with E-state index in [1.807, 2.05) is 0 Å². The maximum atomic E-state index is 12.0. The Hall–Kier alpha value is -2.89. The van der Waals surface area contributed by atoms with Gasteiger partial charge in [-0.05, 0) is 48.7 Å². The molecule has 2 rings (SSSR count). The highest BCUT2D eigenvalue weighted by Crippen LogP contribution is 2.13. The molecule has 0 aliphatic heterocycles. The summed E-state index contributed by atoms with van der Waals surface area (Å²) in [6, 6.07) is 10.0. The van der Waals surface area contributed by atoms with Gasteiger partial charge in [0.2, 0.25) is 0 Å². The summed E-state index contributed by atoms with van der Waals surface area (Å²) < 4.78 is 5.60. The molecule has 2 aromatic rings. The number of hydrazine groups is 1. The van der Waals surface area contributed by atoms with Crippen LogP contribution in [0.3, 0.4) is 0 Å². The molecule has 0 saturated heterocycles. The van der Waals surface area contributed by atoms with E-state index < -0.39 is 11.8 Å². The van der Waals surface area contributed by atoms with Crippen molar-refractivity contribution in [1.29, 1.82) is 0 Å². The van der Waals surface area contributed by atoms with E-state index in [1.165, 1.54) is 6.20 Å². The average molecular weight is 327 g/mol. The average Bonchev–Trinajstić information content (AvgIpc) is 2.60. The van der Waals surface area contributed by atoms with E-state index in [0.29, 0.717) is 29.4 Å². The van der Waals surface area contributed by atoms with Gasteiger partial charge in [-0.2, -0.15) is 0 Å². The molecule has 2 N–H and O–H groups in total. The van der Waals surface area contributed by atoms with Crippen LogP contribution in [0.1, 0.15) is 41.0 Å². The van der Waals surface area contributed by atoms with Crippen molar-refractivity contribution in [2.24, 2.45) is 5.92 Å². The van der Waals surface area contributed by atoms with Crippen LogP contribution in [-0.2, 0) is 0 Å². The molecule has 0 aliphatic carbocycles. The Kier molecular flexibility index (Phi) is 6.31. The van der Waals surface area contributed by atoms with Crippen LogP contribution >= 0.6 is 0 Å². The summed E-state index contributed by atoms with van der Waals surface area (Å²) in [6.07, 6.45) is 3.97. The summed E-state index contributed by atoms with van der Waals surface area (Å²) in [5, 5.41) is 0. The predicted molar refractivity (Wildman–Crippen MR) is 90.6 cm³/mol. The van der Waals surface area contributed by atoms with E-state index >= 15 is 0 Å². The minimum atomic E-state index is -0.426. The summed E-state index contributed by atoms with van der Waals surface area (Å²) >= 11 is 0. The van der Waals surface area contributed by atoms with Crippen LogP contribution in [0.5, 0.6) is 5.75 Å². The second-order valence-corrected chi connectivity index (χ2v) is 5.71. The second-order valence-electron chi connectivity index (χ2n) is 5.71. The van der Waals surface area contributed by atoms with Crippen LogP contribution < -0.4 is 15.6 Å². The number of hydrogen-bond acceptors (Lipinski definition) is 4. The number of ether oxygens (including phenoxy) is 1.